The molecule has 0 aromatic carbocycles. The van der Waals surface area contributed by atoms with E-state index in [-0.39, 0.29) is 6.61 Å². The fourth-order valence-electron chi connectivity index (χ4n) is 3.01. The van der Waals surface area contributed by atoms with E-state index in [0.29, 0.717) is 19.4 Å². The Balaban J connectivity index is 2.07. The molecule has 2 fully saturated rings. The van der Waals surface area contributed by atoms with Crippen LogP contribution in [0.3, 0.4) is 0 Å². The van der Waals surface area contributed by atoms with Crippen LogP contribution < -0.4 is 0 Å². The first-order valence-corrected chi connectivity index (χ1v) is 6.10. The summed E-state index contributed by atoms with van der Waals surface area (Å²) in [6.07, 6.45) is 5.53. The smallest absolute Gasteiger partial charge is 0.312 e. The number of hydrogen-bond acceptors (Lipinski definition) is 3. The molecule has 1 aliphatic heterocycles. The fourth-order valence-corrected chi connectivity index (χ4v) is 3.01. The van der Waals surface area contributed by atoms with Crippen molar-refractivity contribution in [2.45, 2.75) is 50.5 Å². The predicted octanol–water partition coefficient (Wildman–Crippen LogP) is 1.56. The number of carboxylic acids is 1. The van der Waals surface area contributed by atoms with Crippen LogP contribution in [0.1, 0.15) is 44.9 Å². The van der Waals surface area contributed by atoms with Crippen LogP contribution in [-0.4, -0.2) is 35.0 Å². The van der Waals surface area contributed by atoms with Gasteiger partial charge in [-0.3, -0.25) is 4.79 Å². The van der Waals surface area contributed by atoms with E-state index in [1.54, 1.807) is 0 Å². The number of aliphatic carboxylic acids is 1. The van der Waals surface area contributed by atoms with Gasteiger partial charge in [-0.25, -0.2) is 0 Å². The molecule has 2 rings (SSSR count). The molecule has 1 unspecified atom stereocenters. The molecule has 4 heteroatoms. The largest absolute Gasteiger partial charge is 0.481 e. The van der Waals surface area contributed by atoms with E-state index < -0.39 is 17.0 Å². The number of rotatable bonds is 3. The summed E-state index contributed by atoms with van der Waals surface area (Å²) < 4.78 is 5.22. The van der Waals surface area contributed by atoms with E-state index >= 15 is 0 Å². The van der Waals surface area contributed by atoms with Crippen molar-refractivity contribution in [3.63, 3.8) is 0 Å². The summed E-state index contributed by atoms with van der Waals surface area (Å²) >= 11 is 0. The van der Waals surface area contributed by atoms with Crippen molar-refractivity contribution in [2.24, 2.45) is 5.41 Å². The first-order chi connectivity index (χ1) is 7.56. The van der Waals surface area contributed by atoms with Crippen LogP contribution in [0.15, 0.2) is 0 Å². The van der Waals surface area contributed by atoms with Gasteiger partial charge in [0.25, 0.3) is 0 Å². The van der Waals surface area contributed by atoms with Crippen molar-refractivity contribution in [2.75, 3.05) is 13.2 Å². The minimum absolute atomic E-state index is 0.255. The molecule has 1 saturated heterocycles. The number of aliphatic hydroxyl groups is 1. The monoisotopic (exact) mass is 228 g/mol. The highest BCUT2D eigenvalue weighted by Crippen LogP contribution is 2.42. The average molecular weight is 228 g/mol. The first kappa shape index (κ1) is 11.9. The molecule has 16 heavy (non-hydrogen) atoms. The molecule has 0 aromatic rings. The second-order valence-corrected chi connectivity index (χ2v) is 5.35. The Morgan fingerprint density at radius 3 is 2.38 bits per heavy atom. The molecule has 2 N–H and O–H groups in total. The Kier molecular flexibility index (Phi) is 3.22. The van der Waals surface area contributed by atoms with Crippen molar-refractivity contribution >= 4 is 5.97 Å². The molecule has 0 spiro atoms. The lowest BCUT2D eigenvalue weighted by Gasteiger charge is -2.37. The third-order valence-corrected chi connectivity index (χ3v) is 4.01. The number of hydrogen-bond donors (Lipinski definition) is 2. The molecule has 2 aliphatic rings. The van der Waals surface area contributed by atoms with Gasteiger partial charge in [-0.1, -0.05) is 19.3 Å². The average Bonchev–Trinajstić information content (AvgIpc) is 2.68. The summed E-state index contributed by atoms with van der Waals surface area (Å²) in [5, 5.41) is 19.7. The second kappa shape index (κ2) is 4.34. The number of ether oxygens (including phenoxy) is 1. The SMILES string of the molecule is O=C(O)C1(CC2(O)CCCCC2)CCOC1. The maximum atomic E-state index is 11.3. The molecule has 0 radical (unpaired) electrons. The standard InChI is InChI=1S/C12H20O4/c13-10(14)11(6-7-16-9-11)8-12(15)4-2-1-3-5-12/h15H,1-9H2,(H,13,14). The van der Waals surface area contributed by atoms with Crippen LogP contribution in [-0.2, 0) is 9.53 Å². The lowest BCUT2D eigenvalue weighted by atomic mass is 9.71. The summed E-state index contributed by atoms with van der Waals surface area (Å²) in [5.74, 6) is -0.816. The van der Waals surface area contributed by atoms with Crippen molar-refractivity contribution in [3.05, 3.63) is 0 Å². The minimum Gasteiger partial charge on any atom is -0.481 e. The van der Waals surface area contributed by atoms with Crippen LogP contribution in [0, 0.1) is 5.41 Å². The van der Waals surface area contributed by atoms with Crippen molar-refractivity contribution in [1.29, 1.82) is 0 Å². The van der Waals surface area contributed by atoms with Gasteiger partial charge in [-0.15, -0.1) is 0 Å². The lowest BCUT2D eigenvalue weighted by Crippen LogP contribution is -2.43. The quantitative estimate of drug-likeness (QED) is 0.769. The highest BCUT2D eigenvalue weighted by atomic mass is 16.5. The van der Waals surface area contributed by atoms with Gasteiger partial charge in [0.05, 0.1) is 17.6 Å². The fraction of sp³-hybridized carbons (Fsp3) is 0.917. The van der Waals surface area contributed by atoms with E-state index in [1.807, 2.05) is 0 Å². The summed E-state index contributed by atoms with van der Waals surface area (Å²) in [7, 11) is 0. The number of carbonyl (C=O) groups is 1. The summed E-state index contributed by atoms with van der Waals surface area (Å²) in [4.78, 5) is 11.3. The molecule has 92 valence electrons. The van der Waals surface area contributed by atoms with Gasteiger partial charge in [0.2, 0.25) is 0 Å². The summed E-state index contributed by atoms with van der Waals surface area (Å²) in [6.45, 7) is 0.757. The molecule has 1 atom stereocenters. The molecular weight excluding hydrogens is 208 g/mol. The van der Waals surface area contributed by atoms with Crippen LogP contribution in [0.2, 0.25) is 0 Å². The van der Waals surface area contributed by atoms with Gasteiger partial charge in [0.1, 0.15) is 0 Å². The minimum atomic E-state index is -0.841. The zero-order valence-electron chi connectivity index (χ0n) is 9.57. The van der Waals surface area contributed by atoms with Gasteiger partial charge >= 0.3 is 5.97 Å². The Labute approximate surface area is 95.6 Å². The van der Waals surface area contributed by atoms with Gasteiger partial charge < -0.3 is 14.9 Å². The lowest BCUT2D eigenvalue weighted by molar-refractivity contribution is -0.154. The zero-order valence-corrected chi connectivity index (χ0v) is 9.57. The van der Waals surface area contributed by atoms with Gasteiger partial charge in [0.15, 0.2) is 0 Å². The molecule has 0 amide bonds. The van der Waals surface area contributed by atoms with Crippen LogP contribution in [0.25, 0.3) is 0 Å². The van der Waals surface area contributed by atoms with E-state index in [2.05, 4.69) is 0 Å². The molecule has 1 aliphatic carbocycles. The predicted molar refractivity (Wildman–Crippen MR) is 58.2 cm³/mol. The maximum Gasteiger partial charge on any atom is 0.312 e. The Morgan fingerprint density at radius 1 is 1.19 bits per heavy atom. The molecule has 0 bridgehead atoms. The zero-order chi connectivity index (χ0) is 11.6. The molecular formula is C12H20O4. The van der Waals surface area contributed by atoms with Crippen LogP contribution >= 0.6 is 0 Å². The normalized spacial score (nSPS) is 33.8. The Bertz CT molecular complexity index is 262. The molecule has 1 heterocycles. The topological polar surface area (TPSA) is 66.8 Å². The van der Waals surface area contributed by atoms with Crippen molar-refractivity contribution < 1.29 is 19.7 Å². The van der Waals surface area contributed by atoms with Gasteiger partial charge in [0, 0.05) is 6.61 Å². The van der Waals surface area contributed by atoms with E-state index in [4.69, 9.17) is 4.74 Å². The Morgan fingerprint density at radius 2 is 1.88 bits per heavy atom. The summed E-state index contributed by atoms with van der Waals surface area (Å²) in [5.41, 5.74) is -1.61. The maximum absolute atomic E-state index is 11.3. The van der Waals surface area contributed by atoms with Crippen LogP contribution in [0.5, 0.6) is 0 Å². The van der Waals surface area contributed by atoms with E-state index in [1.165, 1.54) is 0 Å². The van der Waals surface area contributed by atoms with Gasteiger partial charge in [-0.2, -0.15) is 0 Å². The van der Waals surface area contributed by atoms with E-state index in [9.17, 15) is 15.0 Å². The highest BCUT2D eigenvalue weighted by Gasteiger charge is 2.48. The Hall–Kier alpha value is -0.610. The van der Waals surface area contributed by atoms with Crippen molar-refractivity contribution in [1.82, 2.24) is 0 Å². The highest BCUT2D eigenvalue weighted by molar-refractivity contribution is 5.75. The van der Waals surface area contributed by atoms with Crippen molar-refractivity contribution in [3.8, 4) is 0 Å². The molecule has 1 saturated carbocycles. The number of carboxylic acid groups (broad SMARTS) is 1. The second-order valence-electron chi connectivity index (χ2n) is 5.35. The van der Waals surface area contributed by atoms with E-state index in [0.717, 1.165) is 32.1 Å². The molecule has 4 nitrogen and oxygen atoms in total. The third kappa shape index (κ3) is 2.23. The van der Waals surface area contributed by atoms with Gasteiger partial charge in [-0.05, 0) is 25.7 Å². The first-order valence-electron chi connectivity index (χ1n) is 6.10. The van der Waals surface area contributed by atoms with Crippen LogP contribution in [0.4, 0.5) is 0 Å². The third-order valence-electron chi connectivity index (χ3n) is 4.01. The molecule has 0 aromatic heterocycles. The summed E-state index contributed by atoms with van der Waals surface area (Å²) in [6, 6.07) is 0.